The van der Waals surface area contributed by atoms with Gasteiger partial charge >= 0.3 is 0 Å². The first-order valence-electron chi connectivity index (χ1n) is 9.12. The smallest absolute Gasteiger partial charge is 0.271 e. The quantitative estimate of drug-likeness (QED) is 0.409. The first-order chi connectivity index (χ1) is 14.8. The largest absolute Gasteiger partial charge is 0.324 e. The molecule has 0 unspecified atom stereocenters. The van der Waals surface area contributed by atoms with Crippen molar-refractivity contribution >= 4 is 27.3 Å². The normalized spacial score (nSPS) is 12.2. The molecule has 1 amide bonds. The third-order valence-corrected chi connectivity index (χ3v) is 5.85. The van der Waals surface area contributed by atoms with Crippen molar-refractivity contribution in [1.82, 2.24) is 4.72 Å². The predicted molar refractivity (Wildman–Crippen MR) is 112 cm³/mol. The molecule has 0 aliphatic carbocycles. The number of carbonyl (C=O) groups excluding carboxylic acids is 1. The first-order valence-corrected chi connectivity index (χ1v) is 10.6. The molecule has 2 N–H and O–H groups in total. The van der Waals surface area contributed by atoms with E-state index in [1.54, 1.807) is 30.3 Å². The van der Waals surface area contributed by atoms with Crippen molar-refractivity contribution in [3.8, 4) is 0 Å². The zero-order chi connectivity index (χ0) is 22.4. The number of rotatable bonds is 8. The van der Waals surface area contributed by atoms with Crippen LogP contribution in [0.2, 0.25) is 0 Å². The number of benzene rings is 3. The van der Waals surface area contributed by atoms with Crippen LogP contribution in [0.25, 0.3) is 0 Å². The van der Waals surface area contributed by atoms with Crippen LogP contribution in [0.5, 0.6) is 0 Å². The van der Waals surface area contributed by atoms with Crippen LogP contribution in [0.1, 0.15) is 5.56 Å². The minimum absolute atomic E-state index is 0.0186. The zero-order valence-corrected chi connectivity index (χ0v) is 16.9. The number of nitro benzene ring substituents is 1. The van der Waals surface area contributed by atoms with Gasteiger partial charge in [0, 0.05) is 17.8 Å². The zero-order valence-electron chi connectivity index (χ0n) is 16.1. The molecule has 1 atom stereocenters. The average molecular weight is 443 g/mol. The van der Waals surface area contributed by atoms with Crippen LogP contribution in [0.3, 0.4) is 0 Å². The Morgan fingerprint density at radius 1 is 1.00 bits per heavy atom. The van der Waals surface area contributed by atoms with Crippen LogP contribution in [0.4, 0.5) is 15.8 Å². The molecule has 3 rings (SSSR count). The number of carbonyl (C=O) groups is 1. The number of anilines is 1. The fraction of sp³-hybridized carbons (Fsp3) is 0.0952. The van der Waals surface area contributed by atoms with Crippen molar-refractivity contribution in [3.05, 3.63) is 100 Å². The molecule has 3 aromatic carbocycles. The Hall–Kier alpha value is -3.63. The Labute approximate surface area is 177 Å². The molecule has 0 bridgehead atoms. The lowest BCUT2D eigenvalue weighted by molar-refractivity contribution is -0.384. The molecule has 0 aliphatic rings. The predicted octanol–water partition coefficient (Wildman–Crippen LogP) is 3.26. The van der Waals surface area contributed by atoms with Gasteiger partial charge in [0.2, 0.25) is 15.9 Å². The van der Waals surface area contributed by atoms with E-state index in [2.05, 4.69) is 10.0 Å². The highest BCUT2D eigenvalue weighted by Gasteiger charge is 2.28. The molecule has 0 aliphatic heterocycles. The monoisotopic (exact) mass is 443 g/mol. The van der Waals surface area contributed by atoms with Crippen molar-refractivity contribution in [2.45, 2.75) is 17.4 Å². The Morgan fingerprint density at radius 2 is 1.68 bits per heavy atom. The molecule has 31 heavy (non-hydrogen) atoms. The average Bonchev–Trinajstić information content (AvgIpc) is 2.74. The summed E-state index contributed by atoms with van der Waals surface area (Å²) in [6.07, 6.45) is -0.0186. The molecule has 3 aromatic rings. The molecule has 0 aromatic heterocycles. The summed E-state index contributed by atoms with van der Waals surface area (Å²) in [7, 11) is -4.36. The van der Waals surface area contributed by atoms with Gasteiger partial charge in [0.1, 0.15) is 16.8 Å². The summed E-state index contributed by atoms with van der Waals surface area (Å²) in [6, 6.07) is 17.4. The first kappa shape index (κ1) is 22.1. The van der Waals surface area contributed by atoms with Crippen molar-refractivity contribution in [3.63, 3.8) is 0 Å². The molecule has 10 heteroatoms. The van der Waals surface area contributed by atoms with Gasteiger partial charge in [0.25, 0.3) is 5.69 Å². The van der Waals surface area contributed by atoms with Gasteiger partial charge in [-0.25, -0.2) is 12.8 Å². The summed E-state index contributed by atoms with van der Waals surface area (Å²) in [5.74, 6) is -1.70. The number of sulfonamides is 1. The second kappa shape index (κ2) is 9.45. The van der Waals surface area contributed by atoms with Gasteiger partial charge in [0.05, 0.1) is 4.92 Å². The van der Waals surface area contributed by atoms with E-state index in [0.29, 0.717) is 5.56 Å². The summed E-state index contributed by atoms with van der Waals surface area (Å²) in [4.78, 5) is 22.6. The fourth-order valence-corrected chi connectivity index (χ4v) is 4.15. The second-order valence-corrected chi connectivity index (χ2v) is 8.27. The summed E-state index contributed by atoms with van der Waals surface area (Å²) in [6.45, 7) is 0. The summed E-state index contributed by atoms with van der Waals surface area (Å²) in [5.41, 5.74) is 0.560. The van der Waals surface area contributed by atoms with Crippen LogP contribution in [-0.2, 0) is 21.2 Å². The van der Waals surface area contributed by atoms with Gasteiger partial charge in [0.15, 0.2) is 0 Å². The standard InChI is InChI=1S/C21H18FN3O5S/c22-18-11-4-5-12-20(18)31(29,30)24-19(13-15-7-2-1-3-8-15)21(26)23-16-9-6-10-17(14-16)25(27)28/h1-12,14,19,24H,13H2,(H,23,26)/t19-/m0/s1. The molecule has 0 saturated carbocycles. The summed E-state index contributed by atoms with van der Waals surface area (Å²) >= 11 is 0. The van der Waals surface area contributed by atoms with Gasteiger partial charge < -0.3 is 5.32 Å². The topological polar surface area (TPSA) is 118 Å². The van der Waals surface area contributed by atoms with Crippen LogP contribution < -0.4 is 10.0 Å². The van der Waals surface area contributed by atoms with Crippen LogP contribution in [0.15, 0.2) is 83.8 Å². The second-order valence-electron chi connectivity index (χ2n) is 6.59. The third-order valence-electron chi connectivity index (χ3n) is 4.35. The number of amides is 1. The van der Waals surface area contributed by atoms with E-state index in [1.165, 1.54) is 30.3 Å². The highest BCUT2D eigenvalue weighted by Crippen LogP contribution is 2.19. The minimum atomic E-state index is -4.36. The van der Waals surface area contributed by atoms with E-state index in [1.807, 2.05) is 0 Å². The lowest BCUT2D eigenvalue weighted by Gasteiger charge is -2.19. The van der Waals surface area contributed by atoms with Crippen LogP contribution in [0, 0.1) is 15.9 Å². The lowest BCUT2D eigenvalue weighted by atomic mass is 10.1. The highest BCUT2D eigenvalue weighted by atomic mass is 32.2. The van der Waals surface area contributed by atoms with E-state index < -0.39 is 37.6 Å². The summed E-state index contributed by atoms with van der Waals surface area (Å²) in [5, 5.41) is 13.4. The third kappa shape index (κ3) is 5.71. The highest BCUT2D eigenvalue weighted by molar-refractivity contribution is 7.89. The van der Waals surface area contributed by atoms with E-state index in [9.17, 15) is 27.7 Å². The molecule has 0 fully saturated rings. The van der Waals surface area contributed by atoms with E-state index in [-0.39, 0.29) is 17.8 Å². The molecule has 8 nitrogen and oxygen atoms in total. The van der Waals surface area contributed by atoms with Gasteiger partial charge in [-0.3, -0.25) is 14.9 Å². The SMILES string of the molecule is O=C(Nc1cccc([N+](=O)[O-])c1)[C@H](Cc1ccccc1)NS(=O)(=O)c1ccccc1F. The summed E-state index contributed by atoms with van der Waals surface area (Å²) < 4.78 is 41.8. The van der Waals surface area contributed by atoms with Crippen molar-refractivity contribution < 1.29 is 22.5 Å². The van der Waals surface area contributed by atoms with Gasteiger partial charge in [-0.1, -0.05) is 48.5 Å². The van der Waals surface area contributed by atoms with E-state index in [4.69, 9.17) is 0 Å². The van der Waals surface area contributed by atoms with Crippen molar-refractivity contribution in [1.29, 1.82) is 0 Å². The van der Waals surface area contributed by atoms with Gasteiger partial charge in [-0.05, 0) is 30.2 Å². The number of non-ortho nitro benzene ring substituents is 1. The molecule has 0 radical (unpaired) electrons. The number of nitrogens with one attached hydrogen (secondary N) is 2. The number of hydrogen-bond acceptors (Lipinski definition) is 5. The van der Waals surface area contributed by atoms with Crippen LogP contribution >= 0.6 is 0 Å². The Kier molecular flexibility index (Phi) is 6.73. The molecule has 0 heterocycles. The minimum Gasteiger partial charge on any atom is -0.324 e. The fourth-order valence-electron chi connectivity index (χ4n) is 2.88. The maximum atomic E-state index is 14.0. The molecular formula is C21H18FN3O5S. The lowest BCUT2D eigenvalue weighted by Crippen LogP contribution is -2.45. The Morgan fingerprint density at radius 3 is 2.35 bits per heavy atom. The molecule has 0 spiro atoms. The number of nitro groups is 1. The number of halogens is 1. The van der Waals surface area contributed by atoms with Gasteiger partial charge in [-0.2, -0.15) is 4.72 Å². The van der Waals surface area contributed by atoms with Crippen molar-refractivity contribution in [2.24, 2.45) is 0 Å². The van der Waals surface area contributed by atoms with E-state index in [0.717, 1.165) is 18.2 Å². The molecule has 0 saturated heterocycles. The Bertz CT molecular complexity index is 1200. The van der Waals surface area contributed by atoms with E-state index >= 15 is 0 Å². The molecule has 160 valence electrons. The maximum absolute atomic E-state index is 14.0. The number of nitrogens with zero attached hydrogens (tertiary/aromatic N) is 1. The molecular weight excluding hydrogens is 425 g/mol. The number of hydrogen-bond donors (Lipinski definition) is 2. The van der Waals surface area contributed by atoms with Gasteiger partial charge in [-0.15, -0.1) is 0 Å². The van der Waals surface area contributed by atoms with Crippen LogP contribution in [-0.4, -0.2) is 25.3 Å². The maximum Gasteiger partial charge on any atom is 0.271 e. The Balaban J connectivity index is 1.89. The van der Waals surface area contributed by atoms with Crippen molar-refractivity contribution in [2.75, 3.05) is 5.32 Å².